The minimum Gasteiger partial charge on any atom is -0.492 e. The van der Waals surface area contributed by atoms with Crippen LogP contribution in [0.15, 0.2) is 28.7 Å². The average molecular weight is 330 g/mol. The first-order valence-corrected chi connectivity index (χ1v) is 7.64. The Labute approximate surface area is 124 Å². The number of rotatable bonds is 10. The van der Waals surface area contributed by atoms with Crippen LogP contribution in [-0.4, -0.2) is 32.9 Å². The van der Waals surface area contributed by atoms with Crippen LogP contribution in [0.4, 0.5) is 0 Å². The van der Waals surface area contributed by atoms with Crippen molar-refractivity contribution >= 4 is 15.9 Å². The van der Waals surface area contributed by atoms with Gasteiger partial charge in [0, 0.05) is 24.2 Å². The maximum absolute atomic E-state index is 5.61. The van der Waals surface area contributed by atoms with Gasteiger partial charge >= 0.3 is 0 Å². The topological polar surface area (TPSA) is 30.5 Å². The molecule has 0 heterocycles. The Balaban J connectivity index is 1.91. The predicted molar refractivity (Wildman–Crippen MR) is 82.8 cm³/mol. The molecule has 0 amide bonds. The lowest BCUT2D eigenvalue weighted by atomic mass is 10.1. The summed E-state index contributed by atoms with van der Waals surface area (Å²) < 4.78 is 12.2. The second-order valence-corrected chi connectivity index (χ2v) is 5.77. The summed E-state index contributed by atoms with van der Waals surface area (Å²) in [7, 11) is 0. The van der Waals surface area contributed by atoms with Gasteiger partial charge in [-0.15, -0.1) is 0 Å². The van der Waals surface area contributed by atoms with Crippen LogP contribution >= 0.6 is 15.9 Å². The zero-order valence-electron chi connectivity index (χ0n) is 11.8. The van der Waals surface area contributed by atoms with E-state index in [-0.39, 0.29) is 0 Å². The molecule has 19 heavy (non-hydrogen) atoms. The second kappa shape index (κ2) is 10.2. The number of halogens is 1. The molecular formula is C15H24BrNO2. The average Bonchev–Trinajstić information content (AvgIpc) is 2.36. The Morgan fingerprint density at radius 1 is 1.16 bits per heavy atom. The zero-order valence-corrected chi connectivity index (χ0v) is 13.4. The molecule has 1 rings (SSSR count). The lowest BCUT2D eigenvalue weighted by Crippen LogP contribution is -2.25. The lowest BCUT2D eigenvalue weighted by molar-refractivity contribution is 0.124. The number of benzene rings is 1. The van der Waals surface area contributed by atoms with Crippen LogP contribution in [0.5, 0.6) is 5.75 Å². The molecule has 0 bridgehead atoms. The molecule has 0 spiro atoms. The van der Waals surface area contributed by atoms with Crippen LogP contribution in [0.1, 0.15) is 20.3 Å². The molecular weight excluding hydrogens is 306 g/mol. The van der Waals surface area contributed by atoms with Gasteiger partial charge in [0.15, 0.2) is 0 Å². The van der Waals surface area contributed by atoms with Crippen molar-refractivity contribution in [3.8, 4) is 5.75 Å². The van der Waals surface area contributed by atoms with Crippen molar-refractivity contribution < 1.29 is 9.47 Å². The fraction of sp³-hybridized carbons (Fsp3) is 0.600. The molecule has 0 saturated heterocycles. The van der Waals surface area contributed by atoms with E-state index in [1.165, 1.54) is 0 Å². The normalized spacial score (nSPS) is 10.9. The van der Waals surface area contributed by atoms with Crippen molar-refractivity contribution in [2.75, 3.05) is 32.9 Å². The van der Waals surface area contributed by atoms with Gasteiger partial charge in [-0.25, -0.2) is 0 Å². The summed E-state index contributed by atoms with van der Waals surface area (Å²) in [6.45, 7) is 8.42. The summed E-state index contributed by atoms with van der Waals surface area (Å²) in [6.07, 6.45) is 1.13. The fourth-order valence-electron chi connectivity index (χ4n) is 1.49. The highest BCUT2D eigenvalue weighted by molar-refractivity contribution is 9.10. The molecule has 0 unspecified atom stereocenters. The van der Waals surface area contributed by atoms with Crippen molar-refractivity contribution in [3.05, 3.63) is 28.7 Å². The van der Waals surface area contributed by atoms with Crippen molar-refractivity contribution in [3.63, 3.8) is 0 Å². The Morgan fingerprint density at radius 3 is 2.68 bits per heavy atom. The Morgan fingerprint density at radius 2 is 1.95 bits per heavy atom. The first-order chi connectivity index (χ1) is 9.18. The molecule has 0 aliphatic carbocycles. The van der Waals surface area contributed by atoms with E-state index in [9.17, 15) is 0 Å². The van der Waals surface area contributed by atoms with Gasteiger partial charge in [0.05, 0.1) is 6.61 Å². The largest absolute Gasteiger partial charge is 0.492 e. The molecule has 0 fully saturated rings. The predicted octanol–water partition coefficient (Wildman–Crippen LogP) is 3.48. The third-order valence-electron chi connectivity index (χ3n) is 2.61. The minimum atomic E-state index is 0.669. The number of hydrogen-bond donors (Lipinski definition) is 1. The number of hydrogen-bond acceptors (Lipinski definition) is 3. The number of ether oxygens (including phenoxy) is 2. The quantitative estimate of drug-likeness (QED) is 0.666. The van der Waals surface area contributed by atoms with Gasteiger partial charge in [-0.05, 0) is 30.5 Å². The molecule has 1 aromatic carbocycles. The molecule has 0 aliphatic heterocycles. The molecule has 0 radical (unpaired) electrons. The first-order valence-electron chi connectivity index (χ1n) is 6.85. The zero-order chi connectivity index (χ0) is 13.9. The van der Waals surface area contributed by atoms with E-state index < -0.39 is 0 Å². The van der Waals surface area contributed by atoms with Gasteiger partial charge in [0.1, 0.15) is 12.4 Å². The monoisotopic (exact) mass is 329 g/mol. The van der Waals surface area contributed by atoms with E-state index in [0.717, 1.165) is 42.9 Å². The van der Waals surface area contributed by atoms with Crippen molar-refractivity contribution in [2.45, 2.75) is 20.3 Å². The molecule has 0 aromatic heterocycles. The Bertz CT molecular complexity index is 345. The van der Waals surface area contributed by atoms with E-state index in [1.54, 1.807) is 0 Å². The molecule has 0 atom stereocenters. The maximum atomic E-state index is 5.61. The van der Waals surface area contributed by atoms with Gasteiger partial charge in [-0.1, -0.05) is 35.8 Å². The molecule has 108 valence electrons. The summed E-state index contributed by atoms with van der Waals surface area (Å²) in [4.78, 5) is 0. The Hall–Kier alpha value is -0.580. The van der Waals surface area contributed by atoms with Gasteiger partial charge in [0.2, 0.25) is 0 Å². The van der Waals surface area contributed by atoms with Gasteiger partial charge in [-0.3, -0.25) is 0 Å². The third-order valence-corrected chi connectivity index (χ3v) is 3.10. The molecule has 1 aromatic rings. The third kappa shape index (κ3) is 9.03. The minimum absolute atomic E-state index is 0.669. The van der Waals surface area contributed by atoms with E-state index in [2.05, 4.69) is 35.1 Å². The van der Waals surface area contributed by atoms with Crippen molar-refractivity contribution in [1.29, 1.82) is 0 Å². The molecule has 0 saturated carbocycles. The first kappa shape index (κ1) is 16.5. The summed E-state index contributed by atoms with van der Waals surface area (Å²) in [5.74, 6) is 1.61. The molecule has 3 nitrogen and oxygen atoms in total. The van der Waals surface area contributed by atoms with Crippen LogP contribution in [0.2, 0.25) is 0 Å². The summed E-state index contributed by atoms with van der Waals surface area (Å²) >= 11 is 3.42. The van der Waals surface area contributed by atoms with E-state index in [4.69, 9.17) is 9.47 Å². The van der Waals surface area contributed by atoms with Gasteiger partial charge < -0.3 is 14.8 Å². The Kier molecular flexibility index (Phi) is 8.88. The van der Waals surface area contributed by atoms with Gasteiger partial charge in [-0.2, -0.15) is 0 Å². The fourth-order valence-corrected chi connectivity index (χ4v) is 1.87. The second-order valence-electron chi connectivity index (χ2n) is 4.85. The standard InChI is InChI=1S/C15H24BrNO2/c1-13(2)6-9-18-10-7-17-8-11-19-15-5-3-4-14(16)12-15/h3-5,12-13,17H,6-11H2,1-2H3. The van der Waals surface area contributed by atoms with E-state index in [1.807, 2.05) is 24.3 Å². The van der Waals surface area contributed by atoms with Crippen LogP contribution in [-0.2, 0) is 4.74 Å². The number of nitrogens with one attached hydrogen (secondary N) is 1. The highest BCUT2D eigenvalue weighted by Crippen LogP contribution is 2.17. The molecule has 0 aliphatic rings. The summed E-state index contributed by atoms with van der Waals surface area (Å²) in [5.41, 5.74) is 0. The summed E-state index contributed by atoms with van der Waals surface area (Å²) in [6, 6.07) is 7.88. The van der Waals surface area contributed by atoms with Crippen LogP contribution in [0.3, 0.4) is 0 Å². The smallest absolute Gasteiger partial charge is 0.120 e. The van der Waals surface area contributed by atoms with Crippen LogP contribution in [0.25, 0.3) is 0 Å². The summed E-state index contributed by atoms with van der Waals surface area (Å²) in [5, 5.41) is 3.30. The maximum Gasteiger partial charge on any atom is 0.120 e. The van der Waals surface area contributed by atoms with Crippen molar-refractivity contribution in [2.24, 2.45) is 5.92 Å². The van der Waals surface area contributed by atoms with E-state index >= 15 is 0 Å². The van der Waals surface area contributed by atoms with Crippen LogP contribution in [0, 0.1) is 5.92 Å². The highest BCUT2D eigenvalue weighted by Gasteiger charge is 1.95. The van der Waals surface area contributed by atoms with Crippen molar-refractivity contribution in [1.82, 2.24) is 5.32 Å². The van der Waals surface area contributed by atoms with E-state index in [0.29, 0.717) is 12.5 Å². The lowest BCUT2D eigenvalue weighted by Gasteiger charge is -2.09. The van der Waals surface area contributed by atoms with Gasteiger partial charge in [0.25, 0.3) is 0 Å². The molecule has 1 N–H and O–H groups in total. The van der Waals surface area contributed by atoms with Crippen LogP contribution < -0.4 is 10.1 Å². The molecule has 4 heteroatoms. The highest BCUT2D eigenvalue weighted by atomic mass is 79.9. The SMILES string of the molecule is CC(C)CCOCCNCCOc1cccc(Br)c1.